The average molecular weight is 485 g/mol. The van der Waals surface area contributed by atoms with Gasteiger partial charge in [-0.05, 0) is 66.9 Å². The highest BCUT2D eigenvalue weighted by Crippen LogP contribution is 2.29. The molecule has 0 fully saturated rings. The third-order valence-corrected chi connectivity index (χ3v) is 7.17. The minimum atomic E-state index is -3.84. The zero-order valence-electron chi connectivity index (χ0n) is 17.5. The van der Waals surface area contributed by atoms with E-state index in [1.165, 1.54) is 41.9 Å². The Kier molecular flexibility index (Phi) is 6.59. The molecule has 4 aromatic rings. The van der Waals surface area contributed by atoms with Gasteiger partial charge in [0.1, 0.15) is 10.6 Å². The molecule has 0 saturated heterocycles. The van der Waals surface area contributed by atoms with Gasteiger partial charge in [0, 0.05) is 16.0 Å². The van der Waals surface area contributed by atoms with E-state index in [0.717, 1.165) is 10.1 Å². The maximum atomic E-state index is 12.8. The molecule has 4 rings (SSSR count). The van der Waals surface area contributed by atoms with Crippen molar-refractivity contribution in [3.05, 3.63) is 83.1 Å². The number of sulfonamides is 1. The first-order valence-corrected chi connectivity index (χ1v) is 12.3. The number of hydrogen-bond donors (Lipinski definition) is 2. The first-order valence-electron chi connectivity index (χ1n) is 10.00. The van der Waals surface area contributed by atoms with Gasteiger partial charge in [0.05, 0.1) is 24.3 Å². The Hall–Kier alpha value is -3.47. The largest absolute Gasteiger partial charge is 0.468 e. The topological polar surface area (TPSA) is 115 Å². The summed E-state index contributed by atoms with van der Waals surface area (Å²) in [6.45, 7) is 2.04. The van der Waals surface area contributed by atoms with Gasteiger partial charge in [-0.25, -0.2) is 17.9 Å². The summed E-state index contributed by atoms with van der Waals surface area (Å²) in [5, 5.41) is 3.56. The number of furan rings is 1. The molecule has 0 aliphatic rings. The van der Waals surface area contributed by atoms with E-state index >= 15 is 0 Å². The lowest BCUT2D eigenvalue weighted by Gasteiger charge is -2.09. The summed E-state index contributed by atoms with van der Waals surface area (Å²) in [7, 11) is -3.84. The maximum Gasteiger partial charge on any atom is 0.348 e. The Bertz CT molecular complexity index is 1410. The number of carbonyl (C=O) groups is 2. The van der Waals surface area contributed by atoms with Gasteiger partial charge in [0.15, 0.2) is 0 Å². The Balaban J connectivity index is 1.49. The number of amides is 1. The first kappa shape index (κ1) is 22.7. The molecule has 0 bridgehead atoms. The van der Waals surface area contributed by atoms with Crippen molar-refractivity contribution < 1.29 is 27.2 Å². The van der Waals surface area contributed by atoms with E-state index in [9.17, 15) is 18.0 Å². The monoisotopic (exact) mass is 484 g/mol. The lowest BCUT2D eigenvalue weighted by atomic mass is 10.2. The number of hydrogen-bond acceptors (Lipinski definition) is 7. The normalized spacial score (nSPS) is 11.4. The van der Waals surface area contributed by atoms with E-state index in [1.807, 2.05) is 0 Å². The quantitative estimate of drug-likeness (QED) is 0.358. The molecule has 0 radical (unpaired) electrons. The van der Waals surface area contributed by atoms with Crippen molar-refractivity contribution in [1.82, 2.24) is 4.72 Å². The van der Waals surface area contributed by atoms with Crippen LogP contribution in [0.3, 0.4) is 0 Å². The number of ether oxygens (including phenoxy) is 1. The fourth-order valence-electron chi connectivity index (χ4n) is 3.09. The van der Waals surface area contributed by atoms with Gasteiger partial charge in [0.2, 0.25) is 10.0 Å². The van der Waals surface area contributed by atoms with Gasteiger partial charge in [-0.1, -0.05) is 6.07 Å². The number of esters is 1. The number of rotatable bonds is 8. The summed E-state index contributed by atoms with van der Waals surface area (Å²) in [6.07, 6.45) is 1.46. The molecular weight excluding hydrogens is 464 g/mol. The molecule has 2 aromatic heterocycles. The Labute approximate surface area is 194 Å². The molecule has 0 aliphatic heterocycles. The molecule has 1 amide bonds. The zero-order chi connectivity index (χ0) is 23.4. The van der Waals surface area contributed by atoms with Crippen LogP contribution in [0.5, 0.6) is 0 Å². The van der Waals surface area contributed by atoms with Gasteiger partial charge in [-0.15, -0.1) is 11.3 Å². The van der Waals surface area contributed by atoms with E-state index in [-0.39, 0.29) is 23.0 Å². The second-order valence-corrected chi connectivity index (χ2v) is 9.82. The summed E-state index contributed by atoms with van der Waals surface area (Å²) < 4.78 is 38.7. The second-order valence-electron chi connectivity index (χ2n) is 6.97. The minimum absolute atomic E-state index is 0.000198. The Morgan fingerprint density at radius 1 is 1.06 bits per heavy atom. The smallest absolute Gasteiger partial charge is 0.348 e. The Morgan fingerprint density at radius 2 is 1.91 bits per heavy atom. The van der Waals surface area contributed by atoms with Crippen LogP contribution in [0, 0.1) is 0 Å². The summed E-state index contributed by atoms with van der Waals surface area (Å²) in [5.74, 6) is -0.372. The Morgan fingerprint density at radius 3 is 2.67 bits per heavy atom. The third kappa shape index (κ3) is 5.30. The van der Waals surface area contributed by atoms with Crippen molar-refractivity contribution in [1.29, 1.82) is 0 Å². The number of thiophene rings is 1. The SMILES string of the molecule is CCOC(=O)c1cc2cc(NC(=O)c3cccc(S(=O)(=O)NCc4ccco4)c3)ccc2s1. The molecule has 2 N–H and O–H groups in total. The lowest BCUT2D eigenvalue weighted by molar-refractivity contribution is 0.0532. The first-order chi connectivity index (χ1) is 15.9. The number of anilines is 1. The fourth-order valence-corrected chi connectivity index (χ4v) is 5.07. The summed E-state index contributed by atoms with van der Waals surface area (Å²) in [5.41, 5.74) is 0.707. The molecule has 0 atom stereocenters. The van der Waals surface area contributed by atoms with E-state index in [2.05, 4.69) is 10.0 Å². The van der Waals surface area contributed by atoms with Crippen LogP contribution in [0.15, 0.2) is 76.2 Å². The van der Waals surface area contributed by atoms with Gasteiger partial charge in [-0.2, -0.15) is 0 Å². The van der Waals surface area contributed by atoms with Gasteiger partial charge < -0.3 is 14.5 Å². The maximum absolute atomic E-state index is 12.8. The van der Waals surface area contributed by atoms with Crippen molar-refractivity contribution in [2.75, 3.05) is 11.9 Å². The summed E-state index contributed by atoms with van der Waals surface area (Å²) in [6, 6.07) is 16.1. The van der Waals surface area contributed by atoms with Crippen molar-refractivity contribution in [3.63, 3.8) is 0 Å². The fraction of sp³-hybridized carbons (Fsp3) is 0.130. The van der Waals surface area contributed by atoms with E-state index in [1.54, 1.807) is 43.3 Å². The van der Waals surface area contributed by atoms with Crippen molar-refractivity contribution in [3.8, 4) is 0 Å². The van der Waals surface area contributed by atoms with Crippen LogP contribution in [0.25, 0.3) is 10.1 Å². The predicted molar refractivity (Wildman–Crippen MR) is 125 cm³/mol. The van der Waals surface area contributed by atoms with E-state index in [0.29, 0.717) is 22.9 Å². The molecule has 8 nitrogen and oxygen atoms in total. The zero-order valence-corrected chi connectivity index (χ0v) is 19.2. The second kappa shape index (κ2) is 9.57. The molecule has 2 aromatic carbocycles. The number of nitrogens with one attached hydrogen (secondary N) is 2. The van der Waals surface area contributed by atoms with Crippen LogP contribution >= 0.6 is 11.3 Å². The van der Waals surface area contributed by atoms with E-state index in [4.69, 9.17) is 9.15 Å². The molecule has 2 heterocycles. The van der Waals surface area contributed by atoms with Gasteiger partial charge in [0.25, 0.3) is 5.91 Å². The van der Waals surface area contributed by atoms with Crippen LogP contribution in [0.2, 0.25) is 0 Å². The van der Waals surface area contributed by atoms with E-state index < -0.39 is 15.9 Å². The highest BCUT2D eigenvalue weighted by molar-refractivity contribution is 7.89. The number of carbonyl (C=O) groups excluding carboxylic acids is 2. The summed E-state index contributed by atoms with van der Waals surface area (Å²) in [4.78, 5) is 25.2. The minimum Gasteiger partial charge on any atom is -0.468 e. The van der Waals surface area contributed by atoms with Crippen LogP contribution in [-0.4, -0.2) is 26.9 Å². The molecule has 33 heavy (non-hydrogen) atoms. The van der Waals surface area contributed by atoms with Crippen LogP contribution in [0.1, 0.15) is 32.7 Å². The van der Waals surface area contributed by atoms with Crippen LogP contribution < -0.4 is 10.0 Å². The molecule has 0 unspecified atom stereocenters. The van der Waals surface area contributed by atoms with Crippen molar-refractivity contribution in [2.24, 2.45) is 0 Å². The van der Waals surface area contributed by atoms with Crippen LogP contribution in [0.4, 0.5) is 5.69 Å². The van der Waals surface area contributed by atoms with Crippen molar-refractivity contribution in [2.45, 2.75) is 18.4 Å². The average Bonchev–Trinajstić information content (AvgIpc) is 3.48. The van der Waals surface area contributed by atoms with Gasteiger partial charge >= 0.3 is 5.97 Å². The molecule has 0 saturated carbocycles. The predicted octanol–water partition coefficient (Wildman–Crippen LogP) is 4.40. The molecule has 170 valence electrons. The number of fused-ring (bicyclic) bond motifs is 1. The molecular formula is C23H20N2O6S2. The standard InChI is InChI=1S/C23H20N2O6S2/c1-2-30-23(27)21-13-16-11-17(8-9-20(16)32-21)25-22(26)15-5-3-7-19(12-15)33(28,29)24-14-18-6-4-10-31-18/h3-13,24H,2,14H2,1H3,(H,25,26). The molecule has 0 spiro atoms. The van der Waals surface area contributed by atoms with Crippen LogP contribution in [-0.2, 0) is 21.3 Å². The molecule has 10 heteroatoms. The lowest BCUT2D eigenvalue weighted by Crippen LogP contribution is -2.23. The summed E-state index contributed by atoms with van der Waals surface area (Å²) >= 11 is 1.31. The number of benzene rings is 2. The molecule has 0 aliphatic carbocycles. The highest BCUT2D eigenvalue weighted by Gasteiger charge is 2.17. The highest BCUT2D eigenvalue weighted by atomic mass is 32.2. The third-order valence-electron chi connectivity index (χ3n) is 4.67. The van der Waals surface area contributed by atoms with Crippen molar-refractivity contribution >= 4 is 49.0 Å². The van der Waals surface area contributed by atoms with Gasteiger partial charge in [-0.3, -0.25) is 4.79 Å².